The van der Waals surface area contributed by atoms with Gasteiger partial charge >= 0.3 is 0 Å². The Morgan fingerprint density at radius 3 is 2.40 bits per heavy atom. The zero-order valence-corrected chi connectivity index (χ0v) is 14.2. The number of rotatable bonds is 5. The molecule has 1 aliphatic heterocycles. The summed E-state index contributed by atoms with van der Waals surface area (Å²) in [5.74, 6) is 1.35. The molecule has 0 amide bonds. The average molecular weight is 302 g/mol. The highest BCUT2D eigenvalue weighted by Gasteiger charge is 2.41. The Morgan fingerprint density at radius 1 is 1.25 bits per heavy atom. The maximum absolute atomic E-state index is 11.8. The Bertz CT molecular complexity index is 424. The molecule has 0 bridgehead atoms. The fourth-order valence-electron chi connectivity index (χ4n) is 3.01. The van der Waals surface area contributed by atoms with Gasteiger partial charge in [-0.05, 0) is 24.2 Å². The first kappa shape index (κ1) is 16.2. The minimum atomic E-state index is -2.86. The summed E-state index contributed by atoms with van der Waals surface area (Å²) in [6.07, 6.45) is 2.62. The van der Waals surface area contributed by atoms with Crippen LogP contribution in [0.4, 0.5) is 0 Å². The highest BCUT2D eigenvalue weighted by Crippen LogP contribution is 2.37. The van der Waals surface area contributed by atoms with E-state index in [1.54, 1.807) is 6.92 Å². The van der Waals surface area contributed by atoms with Gasteiger partial charge in [0.25, 0.3) is 0 Å². The third kappa shape index (κ3) is 4.18. The van der Waals surface area contributed by atoms with Gasteiger partial charge in [-0.2, -0.15) is 0 Å². The van der Waals surface area contributed by atoms with Gasteiger partial charge in [0.05, 0.1) is 5.75 Å². The van der Waals surface area contributed by atoms with Crippen LogP contribution < -0.4 is 5.32 Å². The molecule has 2 rings (SSSR count). The molecule has 1 heterocycles. The first-order valence-electron chi connectivity index (χ1n) is 7.91. The highest BCUT2D eigenvalue weighted by atomic mass is 32.2. The van der Waals surface area contributed by atoms with Crippen LogP contribution in [-0.4, -0.2) is 56.5 Å². The number of hydrogen-bond donors (Lipinski definition) is 1. The lowest BCUT2D eigenvalue weighted by atomic mass is 9.84. The highest BCUT2D eigenvalue weighted by molar-refractivity contribution is 7.91. The molecule has 1 saturated heterocycles. The van der Waals surface area contributed by atoms with E-state index >= 15 is 0 Å². The summed E-state index contributed by atoms with van der Waals surface area (Å²) in [6, 6.07) is 0.988. The standard InChI is InChI=1S/C15H30N2O2S/c1-5-20(18,19)9-8-17-11-14(15(2,3)4)16-10-13(17)12-6-7-12/h12-14,16H,5-11H2,1-4H3. The summed E-state index contributed by atoms with van der Waals surface area (Å²) in [5, 5.41) is 3.68. The molecular weight excluding hydrogens is 272 g/mol. The molecule has 1 saturated carbocycles. The van der Waals surface area contributed by atoms with Gasteiger partial charge in [-0.25, -0.2) is 8.42 Å². The van der Waals surface area contributed by atoms with Crippen LogP contribution in [0.3, 0.4) is 0 Å². The third-order valence-electron chi connectivity index (χ3n) is 4.80. The van der Waals surface area contributed by atoms with Gasteiger partial charge in [-0.1, -0.05) is 27.7 Å². The van der Waals surface area contributed by atoms with Crippen LogP contribution >= 0.6 is 0 Å². The van der Waals surface area contributed by atoms with E-state index < -0.39 is 9.84 Å². The Morgan fingerprint density at radius 2 is 1.90 bits per heavy atom. The van der Waals surface area contributed by atoms with Gasteiger partial charge in [-0.3, -0.25) is 4.90 Å². The van der Waals surface area contributed by atoms with Crippen LogP contribution in [0.5, 0.6) is 0 Å². The fourth-order valence-corrected chi connectivity index (χ4v) is 3.81. The van der Waals surface area contributed by atoms with Gasteiger partial charge in [0.1, 0.15) is 0 Å². The van der Waals surface area contributed by atoms with Gasteiger partial charge in [-0.15, -0.1) is 0 Å². The zero-order chi connectivity index (χ0) is 15.0. The van der Waals surface area contributed by atoms with Crippen molar-refractivity contribution in [2.75, 3.05) is 31.1 Å². The Hall–Kier alpha value is -0.130. The molecule has 5 heteroatoms. The van der Waals surface area contributed by atoms with Gasteiger partial charge in [0.2, 0.25) is 0 Å². The monoisotopic (exact) mass is 302 g/mol. The molecule has 2 fully saturated rings. The molecule has 118 valence electrons. The van der Waals surface area contributed by atoms with Crippen molar-refractivity contribution in [3.05, 3.63) is 0 Å². The van der Waals surface area contributed by atoms with Crippen molar-refractivity contribution in [3.63, 3.8) is 0 Å². The Balaban J connectivity index is 1.99. The second-order valence-corrected chi connectivity index (χ2v) is 9.94. The van der Waals surface area contributed by atoms with Crippen molar-refractivity contribution >= 4 is 9.84 Å². The van der Waals surface area contributed by atoms with Crippen LogP contribution in [0, 0.1) is 11.3 Å². The topological polar surface area (TPSA) is 49.4 Å². The molecule has 0 aromatic rings. The molecule has 1 aliphatic carbocycles. The summed E-state index contributed by atoms with van der Waals surface area (Å²) in [4.78, 5) is 2.44. The molecule has 4 nitrogen and oxygen atoms in total. The molecule has 0 aromatic carbocycles. The zero-order valence-electron chi connectivity index (χ0n) is 13.4. The van der Waals surface area contributed by atoms with Crippen LogP contribution in [-0.2, 0) is 9.84 Å². The Labute approximate surface area is 124 Å². The number of nitrogens with zero attached hydrogens (tertiary/aromatic N) is 1. The SMILES string of the molecule is CCS(=O)(=O)CCN1CC(C(C)(C)C)NCC1C1CC1. The molecule has 2 unspecified atom stereocenters. The summed E-state index contributed by atoms with van der Waals surface area (Å²) >= 11 is 0. The van der Waals surface area contributed by atoms with Crippen molar-refractivity contribution in [1.82, 2.24) is 10.2 Å². The van der Waals surface area contributed by atoms with E-state index in [0.29, 0.717) is 24.4 Å². The number of sulfone groups is 1. The van der Waals surface area contributed by atoms with Gasteiger partial charge in [0, 0.05) is 37.5 Å². The van der Waals surface area contributed by atoms with Crippen molar-refractivity contribution in [1.29, 1.82) is 0 Å². The summed E-state index contributed by atoms with van der Waals surface area (Å²) in [7, 11) is -2.86. The van der Waals surface area contributed by atoms with Crippen molar-refractivity contribution < 1.29 is 8.42 Å². The summed E-state index contributed by atoms with van der Waals surface area (Å²) in [6.45, 7) is 11.2. The largest absolute Gasteiger partial charge is 0.311 e. The fraction of sp³-hybridized carbons (Fsp3) is 1.00. The second-order valence-electron chi connectivity index (χ2n) is 7.46. The maximum Gasteiger partial charge on any atom is 0.151 e. The normalized spacial score (nSPS) is 29.6. The molecule has 0 spiro atoms. The predicted octanol–water partition coefficient (Wildman–Crippen LogP) is 1.52. The molecule has 2 atom stereocenters. The second kappa shape index (κ2) is 5.93. The number of hydrogen-bond acceptors (Lipinski definition) is 4. The van der Waals surface area contributed by atoms with E-state index in [1.165, 1.54) is 12.8 Å². The molecule has 0 radical (unpaired) electrons. The van der Waals surface area contributed by atoms with Crippen molar-refractivity contribution in [2.24, 2.45) is 11.3 Å². The van der Waals surface area contributed by atoms with Crippen LogP contribution in [0.15, 0.2) is 0 Å². The lowest BCUT2D eigenvalue weighted by Crippen LogP contribution is -2.61. The lowest BCUT2D eigenvalue weighted by molar-refractivity contribution is 0.0803. The van der Waals surface area contributed by atoms with Crippen molar-refractivity contribution in [2.45, 2.75) is 52.6 Å². The molecule has 20 heavy (non-hydrogen) atoms. The molecule has 0 aromatic heterocycles. The van der Waals surface area contributed by atoms with E-state index in [-0.39, 0.29) is 11.2 Å². The molecule has 2 aliphatic rings. The third-order valence-corrected chi connectivity index (χ3v) is 6.48. The van der Waals surface area contributed by atoms with Crippen LogP contribution in [0.25, 0.3) is 0 Å². The average Bonchev–Trinajstić information content (AvgIpc) is 3.19. The molecular formula is C15H30N2O2S. The first-order chi connectivity index (χ1) is 9.23. The predicted molar refractivity (Wildman–Crippen MR) is 83.7 cm³/mol. The van der Waals surface area contributed by atoms with Crippen LogP contribution in [0.1, 0.15) is 40.5 Å². The summed E-state index contributed by atoms with van der Waals surface area (Å²) < 4.78 is 23.5. The van der Waals surface area contributed by atoms with E-state index in [1.807, 2.05) is 0 Å². The van der Waals surface area contributed by atoms with Gasteiger partial charge < -0.3 is 5.32 Å². The summed E-state index contributed by atoms with van der Waals surface area (Å²) in [5.41, 5.74) is 0.219. The lowest BCUT2D eigenvalue weighted by Gasteiger charge is -2.45. The Kier molecular flexibility index (Phi) is 4.82. The minimum Gasteiger partial charge on any atom is -0.311 e. The van der Waals surface area contributed by atoms with Crippen molar-refractivity contribution in [3.8, 4) is 0 Å². The van der Waals surface area contributed by atoms with Gasteiger partial charge in [0.15, 0.2) is 9.84 Å². The van der Waals surface area contributed by atoms with Crippen LogP contribution in [0.2, 0.25) is 0 Å². The maximum atomic E-state index is 11.8. The number of piperazine rings is 1. The molecule has 1 N–H and O–H groups in total. The minimum absolute atomic E-state index is 0.219. The van der Waals surface area contributed by atoms with E-state index in [4.69, 9.17) is 0 Å². The van der Waals surface area contributed by atoms with E-state index in [9.17, 15) is 8.42 Å². The smallest absolute Gasteiger partial charge is 0.151 e. The van der Waals surface area contributed by atoms with E-state index in [0.717, 1.165) is 19.0 Å². The number of nitrogens with one attached hydrogen (secondary N) is 1. The van der Waals surface area contributed by atoms with E-state index in [2.05, 4.69) is 31.0 Å². The first-order valence-corrected chi connectivity index (χ1v) is 9.73. The quantitative estimate of drug-likeness (QED) is 0.836.